The Morgan fingerprint density at radius 2 is 1.97 bits per heavy atom. The molecule has 184 valence electrons. The van der Waals surface area contributed by atoms with Crippen molar-refractivity contribution in [3.05, 3.63) is 58.3 Å². The van der Waals surface area contributed by atoms with Crippen molar-refractivity contribution in [3.8, 4) is 5.75 Å². The van der Waals surface area contributed by atoms with Crippen molar-refractivity contribution in [2.45, 2.75) is 63.4 Å². The van der Waals surface area contributed by atoms with Gasteiger partial charge in [0.2, 0.25) is 0 Å². The molecule has 2 aromatic heterocycles. The third-order valence-electron chi connectivity index (χ3n) is 7.25. The van der Waals surface area contributed by atoms with Crippen LogP contribution in [0.3, 0.4) is 0 Å². The van der Waals surface area contributed by atoms with Crippen molar-refractivity contribution >= 4 is 23.2 Å². The molecule has 3 aliphatic rings. The molecule has 35 heavy (non-hydrogen) atoms. The van der Waals surface area contributed by atoms with Crippen molar-refractivity contribution in [3.63, 3.8) is 0 Å². The molecule has 0 aliphatic carbocycles. The Bertz CT molecular complexity index is 1290. The number of benzene rings is 1. The van der Waals surface area contributed by atoms with E-state index in [1.807, 2.05) is 4.90 Å². The number of rotatable bonds is 5. The second-order valence-corrected chi connectivity index (χ2v) is 9.89. The van der Waals surface area contributed by atoms with Crippen molar-refractivity contribution in [2.75, 3.05) is 6.54 Å². The van der Waals surface area contributed by atoms with Crippen LogP contribution in [-0.4, -0.2) is 61.5 Å². The Hall–Kier alpha value is -2.85. The van der Waals surface area contributed by atoms with E-state index in [2.05, 4.69) is 10.1 Å². The van der Waals surface area contributed by atoms with E-state index in [0.29, 0.717) is 36.6 Å². The van der Waals surface area contributed by atoms with Crippen LogP contribution in [0.15, 0.2) is 30.6 Å². The van der Waals surface area contributed by atoms with Crippen LogP contribution in [0.1, 0.15) is 47.3 Å². The minimum absolute atomic E-state index is 0.0198. The number of hydrogen-bond donors (Lipinski definition) is 0. The van der Waals surface area contributed by atoms with Gasteiger partial charge in [0.05, 0.1) is 42.1 Å². The van der Waals surface area contributed by atoms with Crippen molar-refractivity contribution in [1.82, 2.24) is 24.4 Å². The smallest absolute Gasteiger partial charge is 0.258 e. The fraction of sp³-hybridized carbons (Fsp3) is 0.458. The molecule has 0 saturated carbocycles. The lowest BCUT2D eigenvalue weighted by Crippen LogP contribution is -2.48. The first-order valence-electron chi connectivity index (χ1n) is 11.7. The van der Waals surface area contributed by atoms with Crippen LogP contribution in [0, 0.1) is 5.82 Å². The minimum Gasteiger partial charge on any atom is -0.489 e. The summed E-state index contributed by atoms with van der Waals surface area (Å²) in [5.74, 6) is -0.605. The summed E-state index contributed by atoms with van der Waals surface area (Å²) in [6.07, 6.45) is 3.42. The van der Waals surface area contributed by atoms with Crippen LogP contribution in [0.5, 0.6) is 5.75 Å². The third-order valence-corrected chi connectivity index (χ3v) is 7.45. The molecular weight excluding hydrogens is 483 g/mol. The van der Waals surface area contributed by atoms with Crippen molar-refractivity contribution < 1.29 is 22.7 Å². The number of halogens is 4. The number of carbonyl (C=O) groups excluding carboxylic acids is 1. The fourth-order valence-corrected chi connectivity index (χ4v) is 5.90. The first-order chi connectivity index (χ1) is 16.9. The summed E-state index contributed by atoms with van der Waals surface area (Å²) in [4.78, 5) is 21.3. The summed E-state index contributed by atoms with van der Waals surface area (Å²) >= 11 is 5.99. The molecule has 7 nitrogen and oxygen atoms in total. The largest absolute Gasteiger partial charge is 0.489 e. The number of hydrogen-bond acceptors (Lipinski definition) is 5. The highest BCUT2D eigenvalue weighted by Crippen LogP contribution is 2.38. The van der Waals surface area contributed by atoms with E-state index in [0.717, 1.165) is 24.1 Å². The second-order valence-electron chi connectivity index (χ2n) is 9.45. The van der Waals surface area contributed by atoms with Crippen LogP contribution >= 0.6 is 11.6 Å². The molecule has 6 rings (SSSR count). The number of fused-ring (bicyclic) bond motifs is 5. The Morgan fingerprint density at radius 3 is 2.71 bits per heavy atom. The number of aromatic nitrogens is 3. The molecule has 2 fully saturated rings. The number of amides is 1. The molecule has 0 unspecified atom stereocenters. The summed E-state index contributed by atoms with van der Waals surface area (Å²) in [6, 6.07) is 3.95. The summed E-state index contributed by atoms with van der Waals surface area (Å²) < 4.78 is 47.9. The van der Waals surface area contributed by atoms with E-state index in [9.17, 15) is 18.0 Å². The van der Waals surface area contributed by atoms with Gasteiger partial charge in [0.1, 0.15) is 17.7 Å². The monoisotopic (exact) mass is 505 g/mol. The normalized spacial score (nSPS) is 23.9. The maximum atomic E-state index is 14.2. The van der Waals surface area contributed by atoms with Gasteiger partial charge in [0.25, 0.3) is 12.3 Å². The highest BCUT2D eigenvalue weighted by atomic mass is 35.5. The molecular formula is C24H23ClF3N5O2. The lowest BCUT2D eigenvalue weighted by atomic mass is 9.99. The third kappa shape index (κ3) is 4.12. The topological polar surface area (TPSA) is 63.0 Å². The Labute approximate surface area is 204 Å². The maximum absolute atomic E-state index is 14.2. The molecule has 1 amide bonds. The standard InChI is InChI=1S/C24H23ClF3N5O2/c25-13-8-29-23-19-10-31(11-20(19)30-33(23)9-13)24(34)18-4-1-14(26)5-21(18)35-17-6-15-2-3-16(7-17)32(15)12-22(27)28/h1,4-5,8-9,15-17,22H,2-3,6-7,10-12H2/t15-,16-/m0/s1. The first-order valence-corrected chi connectivity index (χ1v) is 12.0. The van der Waals surface area contributed by atoms with Gasteiger partial charge in [-0.25, -0.2) is 22.7 Å². The zero-order chi connectivity index (χ0) is 24.3. The number of carbonyl (C=O) groups is 1. The van der Waals surface area contributed by atoms with Gasteiger partial charge in [0, 0.05) is 29.9 Å². The molecule has 0 spiro atoms. The zero-order valence-electron chi connectivity index (χ0n) is 18.7. The van der Waals surface area contributed by atoms with Crippen LogP contribution in [0.25, 0.3) is 5.65 Å². The highest BCUT2D eigenvalue weighted by molar-refractivity contribution is 6.30. The molecule has 11 heteroatoms. The molecule has 3 aliphatic heterocycles. The lowest BCUT2D eigenvalue weighted by Gasteiger charge is -2.38. The number of ether oxygens (including phenoxy) is 1. The molecule has 3 aromatic rings. The molecule has 1 aromatic carbocycles. The fourth-order valence-electron chi connectivity index (χ4n) is 5.76. The van der Waals surface area contributed by atoms with Crippen LogP contribution in [-0.2, 0) is 13.1 Å². The summed E-state index contributed by atoms with van der Waals surface area (Å²) in [5, 5.41) is 4.95. The quantitative estimate of drug-likeness (QED) is 0.517. The summed E-state index contributed by atoms with van der Waals surface area (Å²) in [5.41, 5.74) is 2.50. The average molecular weight is 506 g/mol. The van der Waals surface area contributed by atoms with Crippen LogP contribution in [0.2, 0.25) is 5.02 Å². The van der Waals surface area contributed by atoms with Gasteiger partial charge in [-0.15, -0.1) is 0 Å². The van der Waals surface area contributed by atoms with Gasteiger partial charge in [-0.2, -0.15) is 5.10 Å². The number of alkyl halides is 2. The van der Waals surface area contributed by atoms with Crippen molar-refractivity contribution in [2.24, 2.45) is 0 Å². The molecule has 0 radical (unpaired) electrons. The maximum Gasteiger partial charge on any atom is 0.258 e. The van der Waals surface area contributed by atoms with E-state index in [-0.39, 0.29) is 42.0 Å². The summed E-state index contributed by atoms with van der Waals surface area (Å²) in [7, 11) is 0. The summed E-state index contributed by atoms with van der Waals surface area (Å²) in [6.45, 7) is 0.382. The first kappa shape index (κ1) is 22.6. The molecule has 2 bridgehead atoms. The molecule has 0 N–H and O–H groups in total. The predicted molar refractivity (Wildman–Crippen MR) is 121 cm³/mol. The Balaban J connectivity index is 1.20. The lowest BCUT2D eigenvalue weighted by molar-refractivity contribution is 0.00713. The van der Waals surface area contributed by atoms with Gasteiger partial charge >= 0.3 is 0 Å². The van der Waals surface area contributed by atoms with Gasteiger partial charge in [-0.3, -0.25) is 9.69 Å². The molecule has 2 saturated heterocycles. The Morgan fingerprint density at radius 1 is 1.20 bits per heavy atom. The van der Waals surface area contributed by atoms with Crippen molar-refractivity contribution in [1.29, 1.82) is 0 Å². The molecule has 2 atom stereocenters. The van der Waals surface area contributed by atoms with E-state index in [4.69, 9.17) is 16.3 Å². The van der Waals surface area contributed by atoms with Crippen LogP contribution < -0.4 is 4.74 Å². The van der Waals surface area contributed by atoms with E-state index >= 15 is 0 Å². The zero-order valence-corrected chi connectivity index (χ0v) is 19.5. The second kappa shape index (κ2) is 8.67. The minimum atomic E-state index is -2.37. The van der Waals surface area contributed by atoms with Gasteiger partial charge in [-0.05, 0) is 37.8 Å². The van der Waals surface area contributed by atoms with Gasteiger partial charge < -0.3 is 9.64 Å². The van der Waals surface area contributed by atoms with E-state index in [1.165, 1.54) is 24.4 Å². The van der Waals surface area contributed by atoms with E-state index in [1.54, 1.807) is 15.6 Å². The predicted octanol–water partition coefficient (Wildman–Crippen LogP) is 4.32. The van der Waals surface area contributed by atoms with Crippen LogP contribution in [0.4, 0.5) is 13.2 Å². The average Bonchev–Trinajstić information content (AvgIpc) is 3.42. The van der Waals surface area contributed by atoms with Gasteiger partial charge in [0.15, 0.2) is 5.65 Å². The Kier molecular flexibility index (Phi) is 5.60. The SMILES string of the molecule is O=C(c1ccc(F)cc1OC1C[C@@H]2CC[C@@H](C1)N2CC(F)F)N1Cc2nn3cc(Cl)cnc3c2C1. The number of nitrogens with zero attached hydrogens (tertiary/aromatic N) is 5. The van der Waals surface area contributed by atoms with E-state index < -0.39 is 12.2 Å². The van der Waals surface area contributed by atoms with Gasteiger partial charge in [-0.1, -0.05) is 11.6 Å². The molecule has 5 heterocycles. The highest BCUT2D eigenvalue weighted by Gasteiger charge is 2.42. The number of piperidine rings is 1.